The SMILES string of the molecule is Cc1ccc(C(=O)NCC(=O)NNC(=O)c2ccc(S(C)(=O)=O)cc2)s1. The lowest BCUT2D eigenvalue weighted by Gasteiger charge is -2.08. The summed E-state index contributed by atoms with van der Waals surface area (Å²) in [6.07, 6.45) is 1.06. The molecule has 1 heterocycles. The Bertz CT molecular complexity index is 933. The van der Waals surface area contributed by atoms with Crippen molar-refractivity contribution in [1.29, 1.82) is 0 Å². The number of aryl methyl sites for hydroxylation is 1. The Morgan fingerprint density at radius 3 is 2.15 bits per heavy atom. The Morgan fingerprint density at radius 2 is 1.62 bits per heavy atom. The predicted molar refractivity (Wildman–Crippen MR) is 96.5 cm³/mol. The Labute approximate surface area is 154 Å². The first-order valence-corrected chi connectivity index (χ1v) is 10.1. The van der Waals surface area contributed by atoms with E-state index in [2.05, 4.69) is 16.2 Å². The first-order chi connectivity index (χ1) is 12.2. The molecular weight excluding hydrogens is 378 g/mol. The van der Waals surface area contributed by atoms with Crippen molar-refractivity contribution in [2.75, 3.05) is 12.8 Å². The number of sulfone groups is 1. The summed E-state index contributed by atoms with van der Waals surface area (Å²) in [4.78, 5) is 37.0. The minimum atomic E-state index is -3.35. The first-order valence-electron chi connectivity index (χ1n) is 7.41. The van der Waals surface area contributed by atoms with E-state index in [9.17, 15) is 22.8 Å². The molecule has 0 fully saturated rings. The van der Waals surface area contributed by atoms with Gasteiger partial charge in [0, 0.05) is 16.7 Å². The molecule has 0 radical (unpaired) electrons. The molecule has 0 atom stereocenters. The maximum Gasteiger partial charge on any atom is 0.269 e. The molecular formula is C16H17N3O5S2. The molecule has 1 aromatic heterocycles. The number of hydrogen-bond acceptors (Lipinski definition) is 6. The highest BCUT2D eigenvalue weighted by Crippen LogP contribution is 2.14. The van der Waals surface area contributed by atoms with E-state index in [1.165, 1.54) is 35.6 Å². The van der Waals surface area contributed by atoms with Gasteiger partial charge in [-0.25, -0.2) is 8.42 Å². The van der Waals surface area contributed by atoms with Gasteiger partial charge in [0.05, 0.1) is 16.3 Å². The van der Waals surface area contributed by atoms with Crippen molar-refractivity contribution in [3.63, 3.8) is 0 Å². The van der Waals surface area contributed by atoms with E-state index in [0.29, 0.717) is 4.88 Å². The Hall–Kier alpha value is -2.72. The second kappa shape index (κ2) is 8.11. The molecule has 0 saturated carbocycles. The van der Waals surface area contributed by atoms with Crippen molar-refractivity contribution in [2.24, 2.45) is 0 Å². The molecule has 0 unspecified atom stereocenters. The van der Waals surface area contributed by atoms with E-state index < -0.39 is 21.7 Å². The van der Waals surface area contributed by atoms with Crippen LogP contribution in [0.15, 0.2) is 41.3 Å². The standard InChI is InChI=1S/C16H17N3O5S2/c1-10-3-8-13(25-10)16(22)17-9-14(20)18-19-15(21)11-4-6-12(7-5-11)26(2,23)24/h3-8H,9H2,1-2H3,(H,17,22)(H,18,20)(H,19,21). The fraction of sp³-hybridized carbons (Fsp3) is 0.188. The highest BCUT2D eigenvalue weighted by molar-refractivity contribution is 7.90. The maximum absolute atomic E-state index is 11.9. The van der Waals surface area contributed by atoms with Crippen LogP contribution in [0.1, 0.15) is 24.9 Å². The van der Waals surface area contributed by atoms with Gasteiger partial charge in [-0.1, -0.05) is 0 Å². The second-order valence-electron chi connectivity index (χ2n) is 5.39. The summed E-state index contributed by atoms with van der Waals surface area (Å²) >= 11 is 1.31. The number of benzene rings is 1. The van der Waals surface area contributed by atoms with Crippen molar-refractivity contribution in [3.8, 4) is 0 Å². The molecule has 0 bridgehead atoms. The van der Waals surface area contributed by atoms with Gasteiger partial charge in [0.25, 0.3) is 17.7 Å². The lowest BCUT2D eigenvalue weighted by Crippen LogP contribution is -2.46. The quantitative estimate of drug-likeness (QED) is 0.642. The van der Waals surface area contributed by atoms with Gasteiger partial charge in [0.15, 0.2) is 9.84 Å². The molecule has 0 saturated heterocycles. The van der Waals surface area contributed by atoms with Gasteiger partial charge in [-0.3, -0.25) is 25.2 Å². The van der Waals surface area contributed by atoms with Crippen LogP contribution in [-0.2, 0) is 14.6 Å². The molecule has 8 nitrogen and oxygen atoms in total. The average Bonchev–Trinajstić information content (AvgIpc) is 3.03. The van der Waals surface area contributed by atoms with Gasteiger partial charge in [-0.15, -0.1) is 11.3 Å². The maximum atomic E-state index is 11.9. The fourth-order valence-corrected chi connectivity index (χ4v) is 3.31. The zero-order valence-electron chi connectivity index (χ0n) is 14.0. The number of nitrogens with one attached hydrogen (secondary N) is 3. The predicted octanol–water partition coefficient (Wildman–Crippen LogP) is 0.651. The Kier molecular flexibility index (Phi) is 6.11. The number of rotatable bonds is 5. The second-order valence-corrected chi connectivity index (χ2v) is 8.70. The molecule has 2 aromatic rings. The Balaban J connectivity index is 1.81. The van der Waals surface area contributed by atoms with Crippen LogP contribution in [0, 0.1) is 6.92 Å². The van der Waals surface area contributed by atoms with Crippen LogP contribution in [0.2, 0.25) is 0 Å². The van der Waals surface area contributed by atoms with Crippen molar-refractivity contribution in [2.45, 2.75) is 11.8 Å². The van der Waals surface area contributed by atoms with Crippen molar-refractivity contribution < 1.29 is 22.8 Å². The summed E-state index contributed by atoms with van der Waals surface area (Å²) in [5.41, 5.74) is 4.53. The monoisotopic (exact) mass is 395 g/mol. The molecule has 1 aromatic carbocycles. The smallest absolute Gasteiger partial charge is 0.269 e. The third-order valence-electron chi connectivity index (χ3n) is 3.23. The van der Waals surface area contributed by atoms with E-state index in [4.69, 9.17) is 0 Å². The van der Waals surface area contributed by atoms with Gasteiger partial charge < -0.3 is 5.32 Å². The summed E-state index contributed by atoms with van der Waals surface area (Å²) in [5.74, 6) is -1.59. The van der Waals surface area contributed by atoms with Crippen molar-refractivity contribution in [1.82, 2.24) is 16.2 Å². The third-order valence-corrected chi connectivity index (χ3v) is 5.36. The number of hydrogen-bond donors (Lipinski definition) is 3. The van der Waals surface area contributed by atoms with Crippen molar-refractivity contribution in [3.05, 3.63) is 51.7 Å². The number of amides is 3. The summed E-state index contributed by atoms with van der Waals surface area (Å²) in [6, 6.07) is 8.73. The van der Waals surface area contributed by atoms with Crippen LogP contribution in [0.25, 0.3) is 0 Å². The lowest BCUT2D eigenvalue weighted by molar-refractivity contribution is -0.120. The van der Waals surface area contributed by atoms with Crippen LogP contribution in [0.5, 0.6) is 0 Å². The molecule has 26 heavy (non-hydrogen) atoms. The van der Waals surface area contributed by atoms with Gasteiger partial charge in [0.1, 0.15) is 0 Å². The van der Waals surface area contributed by atoms with Gasteiger partial charge in [-0.2, -0.15) is 0 Å². The summed E-state index contributed by atoms with van der Waals surface area (Å²) in [5, 5.41) is 2.44. The van der Waals surface area contributed by atoms with Crippen LogP contribution in [0.4, 0.5) is 0 Å². The highest BCUT2D eigenvalue weighted by atomic mass is 32.2. The van der Waals surface area contributed by atoms with E-state index in [1.54, 1.807) is 12.1 Å². The molecule has 0 aliphatic rings. The zero-order valence-corrected chi connectivity index (χ0v) is 15.7. The summed E-state index contributed by atoms with van der Waals surface area (Å²) < 4.78 is 22.7. The van der Waals surface area contributed by atoms with Gasteiger partial charge in [-0.05, 0) is 43.3 Å². The molecule has 3 amide bonds. The molecule has 2 rings (SSSR count). The van der Waals surface area contributed by atoms with Gasteiger partial charge >= 0.3 is 0 Å². The number of carbonyl (C=O) groups is 3. The molecule has 0 aliphatic heterocycles. The number of carbonyl (C=O) groups excluding carboxylic acids is 3. The summed E-state index contributed by atoms with van der Waals surface area (Å²) in [7, 11) is -3.35. The highest BCUT2D eigenvalue weighted by Gasteiger charge is 2.12. The molecule has 10 heteroatoms. The summed E-state index contributed by atoms with van der Waals surface area (Å²) in [6.45, 7) is 1.56. The van der Waals surface area contributed by atoms with E-state index in [0.717, 1.165) is 11.1 Å². The van der Waals surface area contributed by atoms with Crippen molar-refractivity contribution >= 4 is 38.9 Å². The topological polar surface area (TPSA) is 121 Å². The first kappa shape index (κ1) is 19.6. The van der Waals surface area contributed by atoms with Crippen LogP contribution in [-0.4, -0.2) is 38.9 Å². The zero-order chi connectivity index (χ0) is 19.3. The lowest BCUT2D eigenvalue weighted by atomic mass is 10.2. The molecule has 3 N–H and O–H groups in total. The largest absolute Gasteiger partial charge is 0.342 e. The Morgan fingerprint density at radius 1 is 0.962 bits per heavy atom. The minimum absolute atomic E-state index is 0.0876. The number of thiophene rings is 1. The van der Waals surface area contributed by atoms with Crippen LogP contribution < -0.4 is 16.2 Å². The number of hydrazine groups is 1. The third kappa shape index (κ3) is 5.39. The molecule has 138 valence electrons. The molecule has 0 aliphatic carbocycles. The van der Waals surface area contributed by atoms with E-state index in [-0.39, 0.29) is 22.9 Å². The molecule has 0 spiro atoms. The van der Waals surface area contributed by atoms with E-state index in [1.807, 2.05) is 6.92 Å². The normalized spacial score (nSPS) is 10.8. The van der Waals surface area contributed by atoms with E-state index >= 15 is 0 Å². The fourth-order valence-electron chi connectivity index (χ4n) is 1.90. The average molecular weight is 395 g/mol. The van der Waals surface area contributed by atoms with Crippen LogP contribution >= 0.6 is 11.3 Å². The minimum Gasteiger partial charge on any atom is -0.342 e. The van der Waals surface area contributed by atoms with Gasteiger partial charge in [0.2, 0.25) is 0 Å². The van der Waals surface area contributed by atoms with Crippen LogP contribution in [0.3, 0.4) is 0 Å².